The van der Waals surface area contributed by atoms with Gasteiger partial charge in [-0.15, -0.1) is 0 Å². The molecule has 2 heterocycles. The first-order chi connectivity index (χ1) is 12.3. The smallest absolute Gasteiger partial charge is 0.337 e. The lowest BCUT2D eigenvalue weighted by atomic mass is 10.1. The number of hydrogen-bond donors (Lipinski definition) is 0. The van der Waals surface area contributed by atoms with Crippen LogP contribution in [0.3, 0.4) is 0 Å². The highest BCUT2D eigenvalue weighted by atomic mass is 16.6. The molecule has 0 saturated heterocycles. The number of carbonyl (C=O) groups is 1. The Hall–Kier alpha value is -3.21. The molecule has 0 saturated carbocycles. The highest BCUT2D eigenvalue weighted by molar-refractivity contribution is 5.90. The monoisotopic (exact) mass is 356 g/mol. The van der Waals surface area contributed by atoms with Crippen LogP contribution < -0.4 is 0 Å². The number of nitrogens with zero attached hydrogens (tertiary/aromatic N) is 4. The van der Waals surface area contributed by atoms with Crippen molar-refractivity contribution in [2.24, 2.45) is 13.0 Å². The largest absolute Gasteiger partial charge is 0.465 e. The van der Waals surface area contributed by atoms with Gasteiger partial charge < -0.3 is 4.74 Å². The second-order valence-electron chi connectivity index (χ2n) is 6.03. The SMILES string of the molecule is COC(=O)c1cc(C)nc(-c2cnn(C)c2C#CC[C@@H](C)C[N+](=O)[O-])c1. The van der Waals surface area contributed by atoms with E-state index < -0.39 is 5.97 Å². The summed E-state index contributed by atoms with van der Waals surface area (Å²) in [5.74, 6) is 5.41. The van der Waals surface area contributed by atoms with Gasteiger partial charge in [0.25, 0.3) is 0 Å². The molecule has 0 N–H and O–H groups in total. The minimum atomic E-state index is -0.443. The first kappa shape index (κ1) is 19.1. The van der Waals surface area contributed by atoms with Crippen LogP contribution in [0.2, 0.25) is 0 Å². The van der Waals surface area contributed by atoms with E-state index in [4.69, 9.17) is 4.74 Å². The Balaban J connectivity index is 2.35. The van der Waals surface area contributed by atoms with Gasteiger partial charge in [0.2, 0.25) is 6.54 Å². The molecule has 26 heavy (non-hydrogen) atoms. The van der Waals surface area contributed by atoms with Crippen molar-refractivity contribution < 1.29 is 14.5 Å². The lowest BCUT2D eigenvalue weighted by Crippen LogP contribution is -2.10. The molecule has 2 aromatic heterocycles. The molecule has 0 aliphatic rings. The number of nitro groups is 1. The number of pyridine rings is 1. The summed E-state index contributed by atoms with van der Waals surface area (Å²) in [6.45, 7) is 3.46. The van der Waals surface area contributed by atoms with Gasteiger partial charge >= 0.3 is 5.97 Å². The molecule has 2 aromatic rings. The van der Waals surface area contributed by atoms with Gasteiger partial charge in [0.15, 0.2) is 0 Å². The van der Waals surface area contributed by atoms with Gasteiger partial charge in [-0.1, -0.05) is 12.8 Å². The van der Waals surface area contributed by atoms with Crippen molar-refractivity contribution in [2.45, 2.75) is 20.3 Å². The zero-order valence-electron chi connectivity index (χ0n) is 15.1. The summed E-state index contributed by atoms with van der Waals surface area (Å²) in [4.78, 5) is 26.5. The van der Waals surface area contributed by atoms with Gasteiger partial charge in [0, 0.05) is 30.0 Å². The van der Waals surface area contributed by atoms with Crippen LogP contribution in [-0.4, -0.2) is 39.3 Å². The summed E-state index contributed by atoms with van der Waals surface area (Å²) in [6.07, 6.45) is 2.04. The standard InChI is InChI=1S/C18H20N4O4/c1-12(11-22(24)25)6-5-7-17-15(10-19-21(17)3)16-9-14(18(23)26-4)8-13(2)20-16/h8-10,12H,6,11H2,1-4H3/t12-/m1/s1. The van der Waals surface area contributed by atoms with E-state index in [2.05, 4.69) is 21.9 Å². The fourth-order valence-electron chi connectivity index (χ4n) is 2.44. The number of aromatic nitrogens is 3. The van der Waals surface area contributed by atoms with Gasteiger partial charge in [-0.25, -0.2) is 4.79 Å². The molecule has 0 radical (unpaired) electrons. The number of esters is 1. The molecule has 0 fully saturated rings. The second-order valence-corrected chi connectivity index (χ2v) is 6.03. The summed E-state index contributed by atoms with van der Waals surface area (Å²) in [7, 11) is 3.08. The molecule has 8 heteroatoms. The highest BCUT2D eigenvalue weighted by Crippen LogP contribution is 2.23. The van der Waals surface area contributed by atoms with E-state index >= 15 is 0 Å². The molecule has 136 valence electrons. The molecule has 0 aliphatic carbocycles. The first-order valence-electron chi connectivity index (χ1n) is 8.01. The third kappa shape index (κ3) is 4.66. The summed E-state index contributed by atoms with van der Waals surface area (Å²) < 4.78 is 6.38. The Morgan fingerprint density at radius 2 is 2.19 bits per heavy atom. The van der Waals surface area contributed by atoms with E-state index in [1.54, 1.807) is 43.9 Å². The predicted octanol–water partition coefficient (Wildman–Crippen LogP) is 2.23. The molecule has 0 unspecified atom stereocenters. The average Bonchev–Trinajstić information content (AvgIpc) is 2.94. The Bertz CT molecular complexity index is 892. The fraction of sp³-hybridized carbons (Fsp3) is 0.389. The quantitative estimate of drug-likeness (QED) is 0.352. The van der Waals surface area contributed by atoms with Crippen molar-refractivity contribution in [2.75, 3.05) is 13.7 Å². The van der Waals surface area contributed by atoms with Gasteiger partial charge in [0.1, 0.15) is 5.69 Å². The van der Waals surface area contributed by atoms with E-state index in [-0.39, 0.29) is 17.4 Å². The zero-order chi connectivity index (χ0) is 19.3. The molecular weight excluding hydrogens is 336 g/mol. The van der Waals surface area contributed by atoms with Crippen LogP contribution in [-0.2, 0) is 11.8 Å². The number of rotatable bonds is 5. The van der Waals surface area contributed by atoms with Crippen LogP contribution in [0.1, 0.15) is 35.1 Å². The van der Waals surface area contributed by atoms with Crippen LogP contribution in [0, 0.1) is 34.8 Å². The Kier molecular flexibility index (Phi) is 6.07. The molecule has 0 spiro atoms. The molecule has 0 amide bonds. The number of carbonyl (C=O) groups excluding carboxylic acids is 1. The Morgan fingerprint density at radius 3 is 2.85 bits per heavy atom. The van der Waals surface area contributed by atoms with Crippen molar-refractivity contribution in [3.05, 3.63) is 45.4 Å². The molecule has 2 rings (SSSR count). The number of methoxy groups -OCH3 is 1. The molecule has 0 aromatic carbocycles. The Morgan fingerprint density at radius 1 is 1.46 bits per heavy atom. The van der Waals surface area contributed by atoms with E-state index in [1.165, 1.54) is 7.11 Å². The number of aryl methyl sites for hydroxylation is 2. The van der Waals surface area contributed by atoms with Crippen LogP contribution in [0.15, 0.2) is 18.3 Å². The minimum absolute atomic E-state index is 0.116. The van der Waals surface area contributed by atoms with Crippen molar-refractivity contribution in [1.82, 2.24) is 14.8 Å². The highest BCUT2D eigenvalue weighted by Gasteiger charge is 2.15. The lowest BCUT2D eigenvalue weighted by molar-refractivity contribution is -0.487. The Labute approximate surface area is 151 Å². The maximum atomic E-state index is 11.8. The summed E-state index contributed by atoms with van der Waals surface area (Å²) in [5, 5.41) is 14.7. The average molecular weight is 356 g/mol. The van der Waals surface area contributed by atoms with Gasteiger partial charge in [-0.3, -0.25) is 19.8 Å². The zero-order valence-corrected chi connectivity index (χ0v) is 15.1. The molecular formula is C18H20N4O4. The van der Waals surface area contributed by atoms with E-state index in [0.717, 1.165) is 0 Å². The van der Waals surface area contributed by atoms with E-state index in [0.29, 0.717) is 34.6 Å². The van der Waals surface area contributed by atoms with Crippen LogP contribution in [0.25, 0.3) is 11.3 Å². The maximum absolute atomic E-state index is 11.8. The second kappa shape index (κ2) is 8.25. The van der Waals surface area contributed by atoms with Crippen LogP contribution in [0.5, 0.6) is 0 Å². The van der Waals surface area contributed by atoms with E-state index in [9.17, 15) is 14.9 Å². The molecule has 0 bridgehead atoms. The topological polar surface area (TPSA) is 100 Å². The third-order valence-corrected chi connectivity index (χ3v) is 3.71. The molecule has 0 aliphatic heterocycles. The maximum Gasteiger partial charge on any atom is 0.337 e. The lowest BCUT2D eigenvalue weighted by Gasteiger charge is -2.05. The van der Waals surface area contributed by atoms with Crippen molar-refractivity contribution >= 4 is 5.97 Å². The van der Waals surface area contributed by atoms with Gasteiger partial charge in [0.05, 0.1) is 30.1 Å². The normalized spacial score (nSPS) is 11.4. The predicted molar refractivity (Wildman–Crippen MR) is 95.0 cm³/mol. The summed E-state index contributed by atoms with van der Waals surface area (Å²) in [5.41, 5.74) is 2.96. The van der Waals surface area contributed by atoms with Crippen molar-refractivity contribution in [1.29, 1.82) is 0 Å². The fourth-order valence-corrected chi connectivity index (χ4v) is 2.44. The number of ether oxygens (including phenoxy) is 1. The van der Waals surface area contributed by atoms with Gasteiger partial charge in [-0.05, 0) is 25.0 Å². The van der Waals surface area contributed by atoms with Crippen LogP contribution in [0.4, 0.5) is 0 Å². The van der Waals surface area contributed by atoms with Crippen molar-refractivity contribution in [3.63, 3.8) is 0 Å². The number of hydrogen-bond acceptors (Lipinski definition) is 6. The van der Waals surface area contributed by atoms with E-state index in [1.807, 2.05) is 0 Å². The molecule has 1 atom stereocenters. The summed E-state index contributed by atoms with van der Waals surface area (Å²) >= 11 is 0. The first-order valence-corrected chi connectivity index (χ1v) is 8.01. The minimum Gasteiger partial charge on any atom is -0.465 e. The van der Waals surface area contributed by atoms with Crippen LogP contribution >= 0.6 is 0 Å². The molecule has 8 nitrogen and oxygen atoms in total. The van der Waals surface area contributed by atoms with Gasteiger partial charge in [-0.2, -0.15) is 5.10 Å². The van der Waals surface area contributed by atoms with Crippen molar-refractivity contribution in [3.8, 4) is 23.1 Å². The summed E-state index contributed by atoms with van der Waals surface area (Å²) in [6, 6.07) is 3.28. The third-order valence-electron chi connectivity index (χ3n) is 3.71.